The molecule has 0 bridgehead atoms. The fourth-order valence-corrected chi connectivity index (χ4v) is 5.61. The van der Waals surface area contributed by atoms with Gasteiger partial charge in [-0.15, -0.1) is 11.3 Å². The molecule has 1 aliphatic heterocycles. The summed E-state index contributed by atoms with van der Waals surface area (Å²) in [7, 11) is 0. The molecule has 1 saturated heterocycles. The molecule has 2 heterocycles. The minimum absolute atomic E-state index is 0.0689. The number of esters is 1. The van der Waals surface area contributed by atoms with Gasteiger partial charge >= 0.3 is 5.97 Å². The van der Waals surface area contributed by atoms with E-state index in [0.717, 1.165) is 68.5 Å². The van der Waals surface area contributed by atoms with E-state index in [4.69, 9.17) is 4.74 Å². The first-order valence-corrected chi connectivity index (χ1v) is 11.8. The summed E-state index contributed by atoms with van der Waals surface area (Å²) in [5, 5.41) is 24.0. The maximum absolute atomic E-state index is 12.8. The predicted molar refractivity (Wildman–Crippen MR) is 124 cm³/mol. The quantitative estimate of drug-likeness (QED) is 0.291. The fraction of sp³-hybridized carbons (Fsp3) is 0.435. The molecule has 1 aromatic heterocycles. The number of thiophene rings is 1. The summed E-state index contributed by atoms with van der Waals surface area (Å²) in [6, 6.07) is 6.31. The van der Waals surface area contributed by atoms with Crippen molar-refractivity contribution in [3.05, 3.63) is 49.9 Å². The lowest BCUT2D eigenvalue weighted by atomic mass is 10.1. The molecule has 0 unspecified atom stereocenters. The van der Waals surface area contributed by atoms with Gasteiger partial charge < -0.3 is 15.0 Å². The minimum atomic E-state index is -0.793. The highest BCUT2D eigenvalue weighted by Gasteiger charge is 2.25. The smallest absolute Gasteiger partial charge is 0.341 e. The number of nitrogens with one attached hydrogen (secondary N) is 1. The minimum Gasteiger partial charge on any atom is -0.452 e. The van der Waals surface area contributed by atoms with Gasteiger partial charge in [0.25, 0.3) is 11.6 Å². The Morgan fingerprint density at radius 2 is 1.94 bits per heavy atom. The van der Waals surface area contributed by atoms with Crippen LogP contribution in [0, 0.1) is 21.4 Å². The molecule has 1 N–H and O–H groups in total. The van der Waals surface area contributed by atoms with Crippen LogP contribution in [0.2, 0.25) is 0 Å². The van der Waals surface area contributed by atoms with Gasteiger partial charge in [0.1, 0.15) is 11.1 Å². The van der Waals surface area contributed by atoms with Crippen molar-refractivity contribution in [3.8, 4) is 6.07 Å². The second kappa shape index (κ2) is 10.0. The molecule has 10 heteroatoms. The van der Waals surface area contributed by atoms with E-state index in [9.17, 15) is 25.0 Å². The highest BCUT2D eigenvalue weighted by molar-refractivity contribution is 7.16. The van der Waals surface area contributed by atoms with Crippen molar-refractivity contribution in [2.45, 2.75) is 44.9 Å². The number of hydrogen-bond donors (Lipinski definition) is 1. The fourth-order valence-electron chi connectivity index (χ4n) is 4.36. The lowest BCUT2D eigenvalue weighted by molar-refractivity contribution is -0.384. The monoisotopic (exact) mass is 468 g/mol. The molecule has 1 amide bonds. The first-order valence-electron chi connectivity index (χ1n) is 11.0. The van der Waals surface area contributed by atoms with Crippen LogP contribution in [0.3, 0.4) is 0 Å². The summed E-state index contributed by atoms with van der Waals surface area (Å²) in [6.07, 6.45) is 6.87. The van der Waals surface area contributed by atoms with Crippen LogP contribution in [0.25, 0.3) is 0 Å². The van der Waals surface area contributed by atoms with Crippen molar-refractivity contribution in [1.82, 2.24) is 0 Å². The molecule has 1 aromatic carbocycles. The van der Waals surface area contributed by atoms with Gasteiger partial charge in [0.05, 0.1) is 21.7 Å². The molecule has 0 saturated carbocycles. The number of amides is 1. The molecule has 172 valence electrons. The summed E-state index contributed by atoms with van der Waals surface area (Å²) in [6.45, 7) is 0.950. The second-order valence-electron chi connectivity index (χ2n) is 8.16. The number of carbonyl (C=O) groups excluding carboxylic acids is 2. The van der Waals surface area contributed by atoms with Gasteiger partial charge in [-0.2, -0.15) is 5.26 Å². The number of benzene rings is 1. The first-order chi connectivity index (χ1) is 16.0. The van der Waals surface area contributed by atoms with Gasteiger partial charge in [0, 0.05) is 30.1 Å². The Morgan fingerprint density at radius 3 is 2.67 bits per heavy atom. The normalized spacial score (nSPS) is 15.3. The Morgan fingerprint density at radius 1 is 1.18 bits per heavy atom. The van der Waals surface area contributed by atoms with Crippen LogP contribution in [0.1, 0.15) is 58.5 Å². The highest BCUT2D eigenvalue weighted by atomic mass is 32.1. The Bertz CT molecular complexity index is 1130. The lowest BCUT2D eigenvalue weighted by Gasteiger charge is -2.20. The third-order valence-corrected chi connectivity index (χ3v) is 7.19. The van der Waals surface area contributed by atoms with Gasteiger partial charge in [0.2, 0.25) is 0 Å². The maximum Gasteiger partial charge on any atom is 0.341 e. The number of rotatable bonds is 6. The number of fused-ring (bicyclic) bond motifs is 1. The van der Waals surface area contributed by atoms with Crippen molar-refractivity contribution in [3.63, 3.8) is 0 Å². The van der Waals surface area contributed by atoms with Crippen LogP contribution in [-0.2, 0) is 22.4 Å². The number of carbonyl (C=O) groups is 2. The number of nitro benzene ring substituents is 1. The zero-order chi connectivity index (χ0) is 23.4. The molecule has 0 atom stereocenters. The number of hydrogen-bond acceptors (Lipinski definition) is 8. The third-order valence-electron chi connectivity index (χ3n) is 5.98. The Hall–Kier alpha value is -3.45. The number of nitro groups is 1. The Balaban J connectivity index is 1.46. The number of nitriles is 1. The Kier molecular flexibility index (Phi) is 6.89. The van der Waals surface area contributed by atoms with Gasteiger partial charge in [0.15, 0.2) is 6.61 Å². The van der Waals surface area contributed by atoms with E-state index in [0.29, 0.717) is 16.3 Å². The van der Waals surface area contributed by atoms with Crippen LogP contribution < -0.4 is 10.2 Å². The third kappa shape index (κ3) is 4.98. The van der Waals surface area contributed by atoms with Crippen molar-refractivity contribution in [2.75, 3.05) is 29.9 Å². The molecule has 1 fully saturated rings. The molecule has 33 heavy (non-hydrogen) atoms. The van der Waals surface area contributed by atoms with Crippen LogP contribution >= 0.6 is 11.3 Å². The summed E-state index contributed by atoms with van der Waals surface area (Å²) in [5.74, 6) is -1.34. The molecule has 4 rings (SSSR count). The molecular weight excluding hydrogens is 444 g/mol. The highest BCUT2D eigenvalue weighted by Crippen LogP contribution is 2.37. The van der Waals surface area contributed by atoms with E-state index in [1.807, 2.05) is 4.90 Å². The average molecular weight is 469 g/mol. The van der Waals surface area contributed by atoms with Crippen LogP contribution in [-0.4, -0.2) is 36.5 Å². The van der Waals surface area contributed by atoms with Crippen molar-refractivity contribution >= 4 is 39.6 Å². The average Bonchev–Trinajstić information content (AvgIpc) is 3.39. The number of non-ortho nitro benzene ring substituents is 1. The van der Waals surface area contributed by atoms with Gasteiger partial charge in [-0.05, 0) is 50.2 Å². The van der Waals surface area contributed by atoms with Crippen molar-refractivity contribution in [1.29, 1.82) is 5.26 Å². The lowest BCUT2D eigenvalue weighted by Crippen LogP contribution is -2.24. The van der Waals surface area contributed by atoms with E-state index in [1.165, 1.54) is 23.5 Å². The molecule has 0 spiro atoms. The molecule has 2 aliphatic rings. The summed E-state index contributed by atoms with van der Waals surface area (Å²) < 4.78 is 5.21. The largest absolute Gasteiger partial charge is 0.452 e. The number of ether oxygens (including phenoxy) is 1. The van der Waals surface area contributed by atoms with E-state index in [-0.39, 0.29) is 11.3 Å². The molecule has 1 aliphatic carbocycles. The summed E-state index contributed by atoms with van der Waals surface area (Å²) in [5.41, 5.74) is 1.93. The number of anilines is 2. The van der Waals surface area contributed by atoms with Crippen LogP contribution in [0.5, 0.6) is 0 Å². The molecule has 0 radical (unpaired) electrons. The van der Waals surface area contributed by atoms with E-state index < -0.39 is 23.4 Å². The van der Waals surface area contributed by atoms with Crippen LogP contribution in [0.15, 0.2) is 18.2 Å². The standard InChI is InChI=1S/C23H24N4O5S/c24-13-18-16-6-2-1-3-7-20(16)33-22(18)25-21(28)14-32-23(29)17-12-15(27(30)31)8-9-19(17)26-10-4-5-11-26/h8-9,12H,1-7,10-11,14H2,(H,25,28). The zero-order valence-electron chi connectivity index (χ0n) is 18.1. The second-order valence-corrected chi connectivity index (χ2v) is 9.26. The summed E-state index contributed by atoms with van der Waals surface area (Å²) >= 11 is 1.41. The molecule has 2 aromatic rings. The van der Waals surface area contributed by atoms with E-state index >= 15 is 0 Å². The predicted octanol–water partition coefficient (Wildman–Crippen LogP) is 4.19. The number of aryl methyl sites for hydroxylation is 1. The maximum atomic E-state index is 12.8. The van der Waals surface area contributed by atoms with Gasteiger partial charge in [-0.3, -0.25) is 14.9 Å². The molecular formula is C23H24N4O5S. The van der Waals surface area contributed by atoms with Crippen molar-refractivity contribution in [2.24, 2.45) is 0 Å². The van der Waals surface area contributed by atoms with Crippen LogP contribution in [0.4, 0.5) is 16.4 Å². The van der Waals surface area contributed by atoms with E-state index in [2.05, 4.69) is 11.4 Å². The SMILES string of the molecule is N#Cc1c(NC(=O)COC(=O)c2cc([N+](=O)[O-])ccc2N2CCCC2)sc2c1CCCCC2. The number of nitrogens with zero attached hydrogens (tertiary/aromatic N) is 3. The van der Waals surface area contributed by atoms with Gasteiger partial charge in [-0.1, -0.05) is 6.42 Å². The van der Waals surface area contributed by atoms with Gasteiger partial charge in [-0.25, -0.2) is 4.79 Å². The van der Waals surface area contributed by atoms with Crippen molar-refractivity contribution < 1.29 is 19.2 Å². The zero-order valence-corrected chi connectivity index (χ0v) is 18.9. The molecule has 9 nitrogen and oxygen atoms in total. The topological polar surface area (TPSA) is 126 Å². The first kappa shape index (κ1) is 22.7. The Labute approximate surface area is 195 Å². The summed E-state index contributed by atoms with van der Waals surface area (Å²) in [4.78, 5) is 39.0. The van der Waals surface area contributed by atoms with E-state index in [1.54, 1.807) is 6.07 Å².